The zero-order valence-electron chi connectivity index (χ0n) is 10.9. The number of ether oxygens (including phenoxy) is 1. The fourth-order valence-corrected chi connectivity index (χ4v) is 2.64. The van der Waals surface area contributed by atoms with Crippen molar-refractivity contribution in [3.8, 4) is 5.75 Å². The highest BCUT2D eigenvalue weighted by Gasteiger charge is 2.15. The van der Waals surface area contributed by atoms with Gasteiger partial charge in [0.15, 0.2) is 6.61 Å². The van der Waals surface area contributed by atoms with E-state index in [1.807, 2.05) is 23.7 Å². The molecule has 2 N–H and O–H groups in total. The third-order valence-electron chi connectivity index (χ3n) is 3.05. The lowest BCUT2D eigenvalue weighted by atomic mass is 10.1. The van der Waals surface area contributed by atoms with Gasteiger partial charge in [0.1, 0.15) is 5.75 Å². The van der Waals surface area contributed by atoms with Crippen LogP contribution in [0.4, 0.5) is 5.69 Å². The summed E-state index contributed by atoms with van der Waals surface area (Å²) in [5, 5.41) is 8.24. The van der Waals surface area contributed by atoms with Gasteiger partial charge in [0.2, 0.25) is 0 Å². The first-order valence-corrected chi connectivity index (χ1v) is 7.39. The highest BCUT2D eigenvalue weighted by Crippen LogP contribution is 2.28. The Labute approximate surface area is 121 Å². The Balaban J connectivity index is 1.53. The molecule has 0 radical (unpaired) electrons. The number of hydrogen-bond donors (Lipinski definition) is 2. The Bertz CT molecular complexity index is 598. The van der Waals surface area contributed by atoms with Gasteiger partial charge in [-0.3, -0.25) is 4.79 Å². The standard InChI is InChI=1S/C14H15N3O2S/c18-14-7-19-13-2-1-10(5-12(13)17-14)6-15-4-3-11-8-20-9-16-11/h1-2,5,8-9,15H,3-4,6-7H2,(H,17,18). The van der Waals surface area contributed by atoms with Gasteiger partial charge in [-0.05, 0) is 17.7 Å². The number of hydrogen-bond acceptors (Lipinski definition) is 5. The summed E-state index contributed by atoms with van der Waals surface area (Å²) in [4.78, 5) is 15.5. The summed E-state index contributed by atoms with van der Waals surface area (Å²) < 4.78 is 5.33. The van der Waals surface area contributed by atoms with Crippen LogP contribution in [0.25, 0.3) is 0 Å². The number of nitrogens with zero attached hydrogens (tertiary/aromatic N) is 1. The van der Waals surface area contributed by atoms with Crippen LogP contribution < -0.4 is 15.4 Å². The molecule has 1 amide bonds. The molecule has 1 aliphatic heterocycles. The summed E-state index contributed by atoms with van der Waals surface area (Å²) in [6.07, 6.45) is 0.925. The molecule has 0 spiro atoms. The predicted molar refractivity (Wildman–Crippen MR) is 78.1 cm³/mol. The fourth-order valence-electron chi connectivity index (χ4n) is 2.05. The molecule has 0 saturated carbocycles. The van der Waals surface area contributed by atoms with Crippen LogP contribution in [0.5, 0.6) is 5.75 Å². The molecule has 1 aliphatic rings. The van der Waals surface area contributed by atoms with E-state index in [9.17, 15) is 4.79 Å². The minimum atomic E-state index is -0.105. The number of aromatic nitrogens is 1. The van der Waals surface area contributed by atoms with Gasteiger partial charge >= 0.3 is 0 Å². The van der Waals surface area contributed by atoms with Crippen molar-refractivity contribution in [2.75, 3.05) is 18.5 Å². The van der Waals surface area contributed by atoms with Crippen LogP contribution in [-0.4, -0.2) is 24.0 Å². The van der Waals surface area contributed by atoms with Gasteiger partial charge in [-0.2, -0.15) is 0 Å². The molecular weight excluding hydrogens is 274 g/mol. The molecule has 0 fully saturated rings. The average Bonchev–Trinajstić information content (AvgIpc) is 2.96. The Morgan fingerprint density at radius 1 is 1.45 bits per heavy atom. The largest absolute Gasteiger partial charge is 0.482 e. The monoisotopic (exact) mass is 289 g/mol. The minimum Gasteiger partial charge on any atom is -0.482 e. The number of rotatable bonds is 5. The van der Waals surface area contributed by atoms with Gasteiger partial charge in [0, 0.05) is 24.9 Å². The number of anilines is 1. The number of nitrogens with one attached hydrogen (secondary N) is 2. The SMILES string of the molecule is O=C1COc2ccc(CNCCc3cscn3)cc2N1. The predicted octanol–water partition coefficient (Wildman–Crippen LogP) is 1.81. The summed E-state index contributed by atoms with van der Waals surface area (Å²) in [6, 6.07) is 5.85. The third-order valence-corrected chi connectivity index (χ3v) is 3.68. The smallest absolute Gasteiger partial charge is 0.262 e. The lowest BCUT2D eigenvalue weighted by Crippen LogP contribution is -2.25. The Morgan fingerprint density at radius 3 is 3.25 bits per heavy atom. The topological polar surface area (TPSA) is 63.2 Å². The summed E-state index contributed by atoms with van der Waals surface area (Å²) >= 11 is 1.62. The first-order valence-electron chi connectivity index (χ1n) is 6.44. The van der Waals surface area contributed by atoms with E-state index in [1.165, 1.54) is 0 Å². The first kappa shape index (κ1) is 13.1. The van der Waals surface area contributed by atoms with Crippen LogP contribution >= 0.6 is 11.3 Å². The molecule has 0 atom stereocenters. The molecule has 0 unspecified atom stereocenters. The summed E-state index contributed by atoms with van der Waals surface area (Å²) in [7, 11) is 0. The van der Waals surface area contributed by atoms with Gasteiger partial charge < -0.3 is 15.4 Å². The van der Waals surface area contributed by atoms with E-state index in [0.717, 1.165) is 42.2 Å². The van der Waals surface area contributed by atoms with Crippen LogP contribution in [0.2, 0.25) is 0 Å². The number of carbonyl (C=O) groups is 1. The highest BCUT2D eigenvalue weighted by molar-refractivity contribution is 7.07. The lowest BCUT2D eigenvalue weighted by Gasteiger charge is -2.18. The number of benzene rings is 1. The number of thiazole rings is 1. The molecule has 2 aromatic rings. The maximum atomic E-state index is 11.3. The van der Waals surface area contributed by atoms with Gasteiger partial charge in [-0.25, -0.2) is 4.98 Å². The first-order chi connectivity index (χ1) is 9.81. The quantitative estimate of drug-likeness (QED) is 0.824. The van der Waals surface area contributed by atoms with E-state index in [4.69, 9.17) is 4.74 Å². The molecule has 6 heteroatoms. The highest BCUT2D eigenvalue weighted by atomic mass is 32.1. The Kier molecular flexibility index (Phi) is 3.94. The van der Waals surface area contributed by atoms with E-state index < -0.39 is 0 Å². The molecule has 20 heavy (non-hydrogen) atoms. The van der Waals surface area contributed by atoms with Crippen LogP contribution in [0.1, 0.15) is 11.3 Å². The normalized spacial score (nSPS) is 13.5. The molecule has 1 aromatic heterocycles. The second kappa shape index (κ2) is 6.02. The van der Waals surface area contributed by atoms with Crippen molar-refractivity contribution in [3.05, 3.63) is 40.3 Å². The maximum absolute atomic E-state index is 11.3. The van der Waals surface area contributed by atoms with E-state index >= 15 is 0 Å². The van der Waals surface area contributed by atoms with Crippen LogP contribution in [-0.2, 0) is 17.8 Å². The molecule has 104 valence electrons. The molecule has 0 aliphatic carbocycles. The molecule has 3 rings (SSSR count). The molecule has 0 bridgehead atoms. The molecule has 2 heterocycles. The number of amides is 1. The second-order valence-corrected chi connectivity index (χ2v) is 5.29. The Hall–Kier alpha value is -1.92. The number of carbonyl (C=O) groups excluding carboxylic acids is 1. The summed E-state index contributed by atoms with van der Waals surface area (Å²) in [5.41, 5.74) is 4.84. The van der Waals surface area contributed by atoms with Crippen molar-refractivity contribution in [1.29, 1.82) is 0 Å². The van der Waals surface area contributed by atoms with Gasteiger partial charge in [0.05, 0.1) is 16.9 Å². The molecular formula is C14H15N3O2S. The fraction of sp³-hybridized carbons (Fsp3) is 0.286. The maximum Gasteiger partial charge on any atom is 0.262 e. The summed E-state index contributed by atoms with van der Waals surface area (Å²) in [5.74, 6) is 0.627. The van der Waals surface area contributed by atoms with Gasteiger partial charge in [-0.1, -0.05) is 6.07 Å². The van der Waals surface area contributed by atoms with Crippen molar-refractivity contribution in [3.63, 3.8) is 0 Å². The third kappa shape index (κ3) is 3.15. The lowest BCUT2D eigenvalue weighted by molar-refractivity contribution is -0.118. The van der Waals surface area contributed by atoms with Gasteiger partial charge in [-0.15, -0.1) is 11.3 Å². The zero-order valence-corrected chi connectivity index (χ0v) is 11.7. The van der Waals surface area contributed by atoms with E-state index in [1.54, 1.807) is 11.3 Å². The van der Waals surface area contributed by atoms with Crippen molar-refractivity contribution in [2.45, 2.75) is 13.0 Å². The van der Waals surface area contributed by atoms with Crippen LogP contribution in [0.3, 0.4) is 0 Å². The molecule has 1 aromatic carbocycles. The van der Waals surface area contributed by atoms with Crippen LogP contribution in [0, 0.1) is 0 Å². The Morgan fingerprint density at radius 2 is 2.40 bits per heavy atom. The second-order valence-electron chi connectivity index (χ2n) is 4.57. The molecule has 0 saturated heterocycles. The zero-order chi connectivity index (χ0) is 13.8. The average molecular weight is 289 g/mol. The van der Waals surface area contributed by atoms with E-state index in [2.05, 4.69) is 21.0 Å². The van der Waals surface area contributed by atoms with Crippen molar-refractivity contribution < 1.29 is 9.53 Å². The van der Waals surface area contributed by atoms with Crippen molar-refractivity contribution in [2.24, 2.45) is 0 Å². The summed E-state index contributed by atoms with van der Waals surface area (Å²) in [6.45, 7) is 1.73. The number of fused-ring (bicyclic) bond motifs is 1. The van der Waals surface area contributed by atoms with E-state index in [0.29, 0.717) is 0 Å². The van der Waals surface area contributed by atoms with Gasteiger partial charge in [0.25, 0.3) is 5.91 Å². The van der Waals surface area contributed by atoms with Crippen LogP contribution in [0.15, 0.2) is 29.1 Å². The minimum absolute atomic E-state index is 0.0955. The van der Waals surface area contributed by atoms with Crippen molar-refractivity contribution in [1.82, 2.24) is 10.3 Å². The van der Waals surface area contributed by atoms with E-state index in [-0.39, 0.29) is 12.5 Å². The molecule has 5 nitrogen and oxygen atoms in total. The van der Waals surface area contributed by atoms with Crippen molar-refractivity contribution >= 4 is 22.9 Å².